The van der Waals surface area contributed by atoms with Crippen molar-refractivity contribution in [2.24, 2.45) is 5.92 Å². The van der Waals surface area contributed by atoms with Crippen LogP contribution < -0.4 is 5.32 Å². The van der Waals surface area contributed by atoms with E-state index in [9.17, 15) is 9.59 Å². The number of nitrogens with zero attached hydrogens (tertiary/aromatic N) is 1. The van der Waals surface area contributed by atoms with Crippen molar-refractivity contribution in [3.63, 3.8) is 0 Å². The van der Waals surface area contributed by atoms with Crippen LogP contribution in [0.5, 0.6) is 0 Å². The summed E-state index contributed by atoms with van der Waals surface area (Å²) in [7, 11) is 0. The smallest absolute Gasteiger partial charge is 0.312 e. The lowest BCUT2D eigenvalue weighted by Crippen LogP contribution is -2.42. The molecule has 1 aromatic heterocycles. The molecule has 5 nitrogen and oxygen atoms in total. The first kappa shape index (κ1) is 20.5. The van der Waals surface area contributed by atoms with E-state index in [1.54, 1.807) is 0 Å². The van der Waals surface area contributed by atoms with Gasteiger partial charge in [-0.3, -0.25) is 9.59 Å². The minimum absolute atomic E-state index is 0.0800. The molecule has 1 N–H and O–H groups in total. The molecule has 1 aliphatic carbocycles. The van der Waals surface area contributed by atoms with Gasteiger partial charge in [-0.05, 0) is 30.7 Å². The Hall–Kier alpha value is -2.21. The summed E-state index contributed by atoms with van der Waals surface area (Å²) in [4.78, 5) is 28.6. The number of carbonyl (C=O) groups excluding carboxylic acids is 2. The lowest BCUT2D eigenvalue weighted by atomic mass is 9.86. The van der Waals surface area contributed by atoms with Crippen LogP contribution in [0.1, 0.15) is 50.8 Å². The zero-order chi connectivity index (χ0) is 19.9. The zero-order valence-corrected chi connectivity index (χ0v) is 17.4. The SMILES string of the molecule is CCc1ccc(-c2nc(CC(=O)OCC(=O)N[C@H]3CCCC[C@H]3C)cs2)cc1. The molecular formula is C22H28N2O3S. The summed E-state index contributed by atoms with van der Waals surface area (Å²) in [6, 6.07) is 8.49. The number of rotatable bonds is 7. The lowest BCUT2D eigenvalue weighted by Gasteiger charge is -2.29. The molecule has 1 aromatic carbocycles. The summed E-state index contributed by atoms with van der Waals surface area (Å²) in [5.74, 6) is -0.166. The number of amides is 1. The molecule has 0 spiro atoms. The minimum atomic E-state index is -0.426. The Morgan fingerprint density at radius 2 is 1.96 bits per heavy atom. The summed E-state index contributed by atoms with van der Waals surface area (Å²) >= 11 is 1.51. The molecular weight excluding hydrogens is 372 g/mol. The monoisotopic (exact) mass is 400 g/mol. The van der Waals surface area contributed by atoms with Crippen molar-refractivity contribution in [1.29, 1.82) is 0 Å². The number of nitrogens with one attached hydrogen (secondary N) is 1. The van der Waals surface area contributed by atoms with Crippen LogP contribution in [-0.2, 0) is 27.2 Å². The Morgan fingerprint density at radius 3 is 2.68 bits per heavy atom. The number of benzene rings is 1. The molecule has 0 unspecified atom stereocenters. The second kappa shape index (κ2) is 9.82. The second-order valence-electron chi connectivity index (χ2n) is 7.47. The maximum atomic E-state index is 12.1. The third kappa shape index (κ3) is 5.64. The lowest BCUT2D eigenvalue weighted by molar-refractivity contribution is -0.148. The van der Waals surface area contributed by atoms with E-state index in [2.05, 4.69) is 48.4 Å². The second-order valence-corrected chi connectivity index (χ2v) is 8.33. The van der Waals surface area contributed by atoms with Crippen molar-refractivity contribution < 1.29 is 14.3 Å². The standard InChI is InChI=1S/C22H28N2O3S/c1-3-16-8-10-17(11-9-16)22-23-18(14-28-22)12-21(26)27-13-20(25)24-19-7-5-4-6-15(19)2/h8-11,14-15,19H,3-7,12-13H2,1-2H3,(H,24,25)/t15-,19+/m1/s1. The van der Waals surface area contributed by atoms with Crippen molar-refractivity contribution in [1.82, 2.24) is 10.3 Å². The number of hydrogen-bond donors (Lipinski definition) is 1. The van der Waals surface area contributed by atoms with Crippen molar-refractivity contribution in [3.05, 3.63) is 40.9 Å². The number of carbonyl (C=O) groups is 2. The van der Waals surface area contributed by atoms with Crippen LogP contribution >= 0.6 is 11.3 Å². The van der Waals surface area contributed by atoms with Gasteiger partial charge in [0.25, 0.3) is 5.91 Å². The average molecular weight is 401 g/mol. The molecule has 0 aliphatic heterocycles. The first-order valence-electron chi connectivity index (χ1n) is 10.0. The van der Waals surface area contributed by atoms with Crippen molar-refractivity contribution in [2.75, 3.05) is 6.61 Å². The molecule has 3 rings (SSSR count). The van der Waals surface area contributed by atoms with Crippen LogP contribution in [0.15, 0.2) is 29.6 Å². The van der Waals surface area contributed by atoms with E-state index in [-0.39, 0.29) is 25.0 Å². The van der Waals surface area contributed by atoms with E-state index in [4.69, 9.17) is 4.74 Å². The Kier molecular flexibility index (Phi) is 7.20. The highest BCUT2D eigenvalue weighted by atomic mass is 32.1. The molecule has 6 heteroatoms. The van der Waals surface area contributed by atoms with Crippen LogP contribution in [0, 0.1) is 5.92 Å². The predicted octanol–water partition coefficient (Wildman–Crippen LogP) is 4.15. The average Bonchev–Trinajstić information content (AvgIpc) is 3.16. The maximum absolute atomic E-state index is 12.1. The predicted molar refractivity (Wildman–Crippen MR) is 111 cm³/mol. The van der Waals surface area contributed by atoms with Gasteiger partial charge in [0.05, 0.1) is 12.1 Å². The molecule has 2 atom stereocenters. The highest BCUT2D eigenvalue weighted by molar-refractivity contribution is 7.13. The Balaban J connectivity index is 1.45. The zero-order valence-electron chi connectivity index (χ0n) is 16.6. The van der Waals surface area contributed by atoms with Gasteiger partial charge in [-0.1, -0.05) is 51.0 Å². The molecule has 1 amide bonds. The number of hydrogen-bond acceptors (Lipinski definition) is 5. The van der Waals surface area contributed by atoms with Gasteiger partial charge in [0.1, 0.15) is 5.01 Å². The van der Waals surface area contributed by atoms with Crippen LogP contribution in [0.2, 0.25) is 0 Å². The number of esters is 1. The Bertz CT molecular complexity index is 800. The summed E-state index contributed by atoms with van der Waals surface area (Å²) in [5, 5.41) is 5.75. The van der Waals surface area contributed by atoms with Gasteiger partial charge in [-0.25, -0.2) is 4.98 Å². The molecule has 2 aromatic rings. The van der Waals surface area contributed by atoms with Gasteiger partial charge in [0.15, 0.2) is 6.61 Å². The van der Waals surface area contributed by atoms with E-state index in [0.717, 1.165) is 36.3 Å². The summed E-state index contributed by atoms with van der Waals surface area (Å²) < 4.78 is 5.14. The Morgan fingerprint density at radius 1 is 1.21 bits per heavy atom. The van der Waals surface area contributed by atoms with E-state index >= 15 is 0 Å². The minimum Gasteiger partial charge on any atom is -0.455 e. The number of thiazole rings is 1. The van der Waals surface area contributed by atoms with Gasteiger partial charge in [-0.15, -0.1) is 11.3 Å². The van der Waals surface area contributed by atoms with Gasteiger partial charge >= 0.3 is 5.97 Å². The molecule has 150 valence electrons. The van der Waals surface area contributed by atoms with E-state index in [0.29, 0.717) is 11.6 Å². The number of ether oxygens (including phenoxy) is 1. The van der Waals surface area contributed by atoms with E-state index < -0.39 is 5.97 Å². The number of aromatic nitrogens is 1. The van der Waals surface area contributed by atoms with Gasteiger partial charge in [0.2, 0.25) is 0 Å². The van der Waals surface area contributed by atoms with Crippen molar-refractivity contribution in [2.45, 2.75) is 58.4 Å². The molecule has 1 saturated carbocycles. The van der Waals surface area contributed by atoms with Gasteiger partial charge in [-0.2, -0.15) is 0 Å². The van der Waals surface area contributed by atoms with Gasteiger partial charge < -0.3 is 10.1 Å². The molecule has 1 fully saturated rings. The third-order valence-corrected chi connectivity index (χ3v) is 6.25. The normalized spacial score (nSPS) is 19.2. The molecule has 28 heavy (non-hydrogen) atoms. The highest BCUT2D eigenvalue weighted by Gasteiger charge is 2.23. The quantitative estimate of drug-likeness (QED) is 0.709. The first-order valence-corrected chi connectivity index (χ1v) is 10.9. The molecule has 0 saturated heterocycles. The fourth-order valence-electron chi connectivity index (χ4n) is 3.53. The summed E-state index contributed by atoms with van der Waals surface area (Å²) in [5.41, 5.74) is 3.00. The molecule has 1 aliphatic rings. The maximum Gasteiger partial charge on any atom is 0.312 e. The molecule has 0 bridgehead atoms. The summed E-state index contributed by atoms with van der Waals surface area (Å²) in [6.45, 7) is 4.06. The van der Waals surface area contributed by atoms with E-state index in [1.165, 1.54) is 23.3 Å². The van der Waals surface area contributed by atoms with Crippen LogP contribution in [0.4, 0.5) is 0 Å². The molecule has 1 heterocycles. The van der Waals surface area contributed by atoms with E-state index in [1.807, 2.05) is 5.38 Å². The van der Waals surface area contributed by atoms with Gasteiger partial charge in [0, 0.05) is 17.0 Å². The fraction of sp³-hybridized carbons (Fsp3) is 0.500. The third-order valence-electron chi connectivity index (χ3n) is 5.31. The molecule has 0 radical (unpaired) electrons. The largest absolute Gasteiger partial charge is 0.455 e. The van der Waals surface area contributed by atoms with Crippen LogP contribution in [0.3, 0.4) is 0 Å². The van der Waals surface area contributed by atoms with Crippen LogP contribution in [0.25, 0.3) is 10.6 Å². The topological polar surface area (TPSA) is 68.3 Å². The highest BCUT2D eigenvalue weighted by Crippen LogP contribution is 2.25. The Labute approximate surface area is 170 Å². The van der Waals surface area contributed by atoms with Crippen LogP contribution in [-0.4, -0.2) is 29.5 Å². The summed E-state index contributed by atoms with van der Waals surface area (Å²) in [6.07, 6.45) is 5.59. The van der Waals surface area contributed by atoms with Crippen molar-refractivity contribution in [3.8, 4) is 10.6 Å². The fourth-order valence-corrected chi connectivity index (χ4v) is 4.35. The number of aryl methyl sites for hydroxylation is 1. The first-order chi connectivity index (χ1) is 13.5. The van der Waals surface area contributed by atoms with Crippen molar-refractivity contribution >= 4 is 23.2 Å².